The number of hydrogen-bond acceptors (Lipinski definition) is 3. The van der Waals surface area contributed by atoms with Gasteiger partial charge in [-0.05, 0) is 12.1 Å². The van der Waals surface area contributed by atoms with E-state index < -0.39 is 0 Å². The summed E-state index contributed by atoms with van der Waals surface area (Å²) in [5.74, 6) is 0. The Kier molecular flexibility index (Phi) is 1.79. The molecule has 2 aromatic rings. The van der Waals surface area contributed by atoms with Crippen LogP contribution in [-0.4, -0.2) is 14.5 Å². The molecular weight excluding hydrogens is 176 g/mol. The average molecular weight is 184 g/mol. The van der Waals surface area contributed by atoms with Crippen LogP contribution in [0.2, 0.25) is 0 Å². The first-order chi connectivity index (χ1) is 6.76. The van der Waals surface area contributed by atoms with Gasteiger partial charge in [-0.15, -0.1) is 0 Å². The van der Waals surface area contributed by atoms with Crippen molar-refractivity contribution in [3.63, 3.8) is 0 Å². The zero-order valence-corrected chi connectivity index (χ0v) is 7.73. The molecule has 0 radical (unpaired) electrons. The third-order valence-corrected chi connectivity index (χ3v) is 2.05. The zero-order valence-electron chi connectivity index (χ0n) is 7.73. The van der Waals surface area contributed by atoms with E-state index in [2.05, 4.69) is 16.5 Å². The summed E-state index contributed by atoms with van der Waals surface area (Å²) >= 11 is 0. The summed E-state index contributed by atoms with van der Waals surface area (Å²) in [4.78, 5) is 8.20. The fourth-order valence-electron chi connectivity index (χ4n) is 1.33. The van der Waals surface area contributed by atoms with Crippen LogP contribution in [0.15, 0.2) is 19.0 Å². The van der Waals surface area contributed by atoms with Crippen molar-refractivity contribution in [1.29, 1.82) is 5.26 Å². The summed E-state index contributed by atoms with van der Waals surface area (Å²) in [7, 11) is 1.88. The van der Waals surface area contributed by atoms with Crippen molar-refractivity contribution >= 4 is 17.1 Å². The van der Waals surface area contributed by atoms with Crippen LogP contribution in [0.5, 0.6) is 0 Å². The van der Waals surface area contributed by atoms with Gasteiger partial charge in [-0.3, -0.25) is 0 Å². The number of aromatic nitrogens is 3. The van der Waals surface area contributed by atoms with Crippen molar-refractivity contribution < 1.29 is 0 Å². The Morgan fingerprint density at radius 3 is 3.07 bits per heavy atom. The van der Waals surface area contributed by atoms with Crippen LogP contribution in [0.3, 0.4) is 0 Å². The molecule has 0 amide bonds. The zero-order chi connectivity index (χ0) is 10.1. The van der Waals surface area contributed by atoms with Gasteiger partial charge in [0.15, 0.2) is 5.69 Å². The lowest BCUT2D eigenvalue weighted by Crippen LogP contribution is -1.91. The molecule has 0 aliphatic rings. The number of aryl methyl sites for hydroxylation is 1. The van der Waals surface area contributed by atoms with Gasteiger partial charge in [0.05, 0.1) is 17.5 Å². The molecule has 4 nitrogen and oxygen atoms in total. The van der Waals surface area contributed by atoms with E-state index in [0.29, 0.717) is 16.9 Å². The number of pyridine rings is 1. The Bertz CT molecular complexity index is 545. The smallest absolute Gasteiger partial charge is 0.168 e. The van der Waals surface area contributed by atoms with Crippen LogP contribution in [0.4, 0.5) is 0 Å². The number of imidazole rings is 1. The third kappa shape index (κ3) is 1.07. The molecular formula is C10H8N4. The highest BCUT2D eigenvalue weighted by Gasteiger charge is 2.07. The predicted octanol–water partition coefficient (Wildman–Crippen LogP) is 1.48. The van der Waals surface area contributed by atoms with E-state index in [1.165, 1.54) is 0 Å². The Balaban J connectivity index is 2.91. The van der Waals surface area contributed by atoms with Crippen LogP contribution in [0.25, 0.3) is 17.1 Å². The molecule has 0 saturated carbocycles. The molecule has 0 atom stereocenters. The standard InChI is InChI=1S/C10H8N4/c1-3-7-4-9-10(8(5-11)13-7)12-6-14(9)2/h3-4,6H,1H2,2H3. The quantitative estimate of drug-likeness (QED) is 0.674. The number of rotatable bonds is 1. The second-order valence-electron chi connectivity index (χ2n) is 2.93. The van der Waals surface area contributed by atoms with Gasteiger partial charge in [0.25, 0.3) is 0 Å². The Labute approximate surface area is 81.1 Å². The first-order valence-electron chi connectivity index (χ1n) is 4.11. The van der Waals surface area contributed by atoms with Crippen LogP contribution in [0.1, 0.15) is 11.4 Å². The summed E-state index contributed by atoms with van der Waals surface area (Å²) < 4.78 is 1.85. The summed E-state index contributed by atoms with van der Waals surface area (Å²) in [6, 6.07) is 3.88. The number of nitrogens with zero attached hydrogens (tertiary/aromatic N) is 4. The van der Waals surface area contributed by atoms with Gasteiger partial charge < -0.3 is 4.57 Å². The Morgan fingerprint density at radius 1 is 1.64 bits per heavy atom. The molecule has 0 unspecified atom stereocenters. The Morgan fingerprint density at radius 2 is 2.43 bits per heavy atom. The topological polar surface area (TPSA) is 54.5 Å². The molecule has 0 spiro atoms. The minimum absolute atomic E-state index is 0.345. The van der Waals surface area contributed by atoms with Crippen LogP contribution in [0, 0.1) is 11.3 Å². The van der Waals surface area contributed by atoms with Crippen molar-refractivity contribution in [2.75, 3.05) is 0 Å². The fraction of sp³-hybridized carbons (Fsp3) is 0.100. The maximum absolute atomic E-state index is 8.87. The lowest BCUT2D eigenvalue weighted by Gasteiger charge is -1.97. The SMILES string of the molecule is C=Cc1cc2c(ncn2C)c(C#N)n1. The van der Waals surface area contributed by atoms with E-state index in [9.17, 15) is 0 Å². The molecule has 0 aliphatic carbocycles. The highest BCUT2D eigenvalue weighted by molar-refractivity contribution is 5.81. The minimum atomic E-state index is 0.345. The summed E-state index contributed by atoms with van der Waals surface area (Å²) in [5, 5.41) is 8.87. The van der Waals surface area contributed by atoms with Crippen LogP contribution < -0.4 is 0 Å². The van der Waals surface area contributed by atoms with Gasteiger partial charge in [-0.1, -0.05) is 6.58 Å². The lowest BCUT2D eigenvalue weighted by molar-refractivity contribution is 0.947. The summed E-state index contributed by atoms with van der Waals surface area (Å²) in [6.45, 7) is 3.63. The molecule has 0 aromatic carbocycles. The predicted molar refractivity (Wildman–Crippen MR) is 53.3 cm³/mol. The van der Waals surface area contributed by atoms with Crippen molar-refractivity contribution in [1.82, 2.24) is 14.5 Å². The summed E-state index contributed by atoms with van der Waals surface area (Å²) in [6.07, 6.45) is 3.29. The summed E-state index contributed by atoms with van der Waals surface area (Å²) in [5.41, 5.74) is 2.57. The second kappa shape index (κ2) is 2.96. The largest absolute Gasteiger partial charge is 0.334 e. The van der Waals surface area contributed by atoms with Gasteiger partial charge in [0.2, 0.25) is 0 Å². The van der Waals surface area contributed by atoms with Gasteiger partial charge >= 0.3 is 0 Å². The third-order valence-electron chi connectivity index (χ3n) is 2.05. The first-order valence-corrected chi connectivity index (χ1v) is 4.11. The molecule has 68 valence electrons. The average Bonchev–Trinajstić information content (AvgIpc) is 2.59. The molecule has 0 N–H and O–H groups in total. The normalized spacial score (nSPS) is 10.0. The monoisotopic (exact) mass is 184 g/mol. The lowest BCUT2D eigenvalue weighted by atomic mass is 10.2. The van der Waals surface area contributed by atoms with Gasteiger partial charge in [0, 0.05) is 7.05 Å². The molecule has 14 heavy (non-hydrogen) atoms. The van der Waals surface area contributed by atoms with E-state index in [4.69, 9.17) is 5.26 Å². The van der Waals surface area contributed by atoms with E-state index >= 15 is 0 Å². The minimum Gasteiger partial charge on any atom is -0.334 e. The van der Waals surface area contributed by atoms with Crippen molar-refractivity contribution in [3.05, 3.63) is 30.4 Å². The maximum Gasteiger partial charge on any atom is 0.168 e. The number of hydrogen-bond donors (Lipinski definition) is 0. The maximum atomic E-state index is 8.87. The molecule has 2 heterocycles. The van der Waals surface area contributed by atoms with E-state index in [1.54, 1.807) is 12.4 Å². The highest BCUT2D eigenvalue weighted by Crippen LogP contribution is 2.16. The Hall–Kier alpha value is -2.15. The van der Waals surface area contributed by atoms with Crippen molar-refractivity contribution in [2.45, 2.75) is 0 Å². The van der Waals surface area contributed by atoms with Crippen molar-refractivity contribution in [2.24, 2.45) is 7.05 Å². The van der Waals surface area contributed by atoms with E-state index in [1.807, 2.05) is 23.8 Å². The van der Waals surface area contributed by atoms with E-state index in [-0.39, 0.29) is 0 Å². The van der Waals surface area contributed by atoms with Gasteiger partial charge in [0.1, 0.15) is 11.6 Å². The molecule has 4 heteroatoms. The van der Waals surface area contributed by atoms with Crippen LogP contribution >= 0.6 is 0 Å². The highest BCUT2D eigenvalue weighted by atomic mass is 15.0. The van der Waals surface area contributed by atoms with Gasteiger partial charge in [-0.25, -0.2) is 9.97 Å². The van der Waals surface area contributed by atoms with Crippen LogP contribution in [-0.2, 0) is 7.05 Å². The molecule has 0 bridgehead atoms. The first kappa shape index (κ1) is 8.45. The second-order valence-corrected chi connectivity index (χ2v) is 2.93. The number of fused-ring (bicyclic) bond motifs is 1. The molecule has 0 saturated heterocycles. The molecule has 2 aromatic heterocycles. The molecule has 2 rings (SSSR count). The molecule has 0 fully saturated rings. The molecule has 0 aliphatic heterocycles. The fourth-order valence-corrected chi connectivity index (χ4v) is 1.33. The van der Waals surface area contributed by atoms with Crippen molar-refractivity contribution in [3.8, 4) is 6.07 Å². The number of nitriles is 1. The van der Waals surface area contributed by atoms with Gasteiger partial charge in [-0.2, -0.15) is 5.26 Å². The van der Waals surface area contributed by atoms with E-state index in [0.717, 1.165) is 5.52 Å².